The molecule has 6 heteroatoms. The van der Waals surface area contributed by atoms with Gasteiger partial charge in [-0.2, -0.15) is 0 Å². The normalized spacial score (nSPS) is 16.5. The maximum atomic E-state index is 12.3. The molecule has 1 aromatic carbocycles. The van der Waals surface area contributed by atoms with Gasteiger partial charge in [-0.25, -0.2) is 0 Å². The van der Waals surface area contributed by atoms with Crippen LogP contribution < -0.4 is 10.1 Å². The summed E-state index contributed by atoms with van der Waals surface area (Å²) in [4.78, 5) is 13.8. The molecule has 2 N–H and O–H groups in total. The molecule has 1 aliphatic rings. The molecular formula is C15H18N2O3S. The molecule has 21 heavy (non-hydrogen) atoms. The number of amides is 1. The molecule has 0 unspecified atom stereocenters. The SMILES string of the molecule is CCCCN1C(=O)/C(=C\c2ccc(OC)c(O)c2)NC1=S. The van der Waals surface area contributed by atoms with E-state index in [9.17, 15) is 9.90 Å². The summed E-state index contributed by atoms with van der Waals surface area (Å²) in [6.07, 6.45) is 3.57. The van der Waals surface area contributed by atoms with Gasteiger partial charge in [0.1, 0.15) is 5.70 Å². The topological polar surface area (TPSA) is 61.8 Å². The van der Waals surface area contributed by atoms with Crippen LogP contribution in [0.2, 0.25) is 0 Å². The Balaban J connectivity index is 2.20. The average Bonchev–Trinajstić information content (AvgIpc) is 2.72. The van der Waals surface area contributed by atoms with Crippen molar-refractivity contribution in [3.63, 3.8) is 0 Å². The minimum absolute atomic E-state index is 0.0303. The average molecular weight is 306 g/mol. The van der Waals surface area contributed by atoms with Gasteiger partial charge in [0.2, 0.25) is 0 Å². The van der Waals surface area contributed by atoms with Gasteiger partial charge in [0, 0.05) is 6.54 Å². The van der Waals surface area contributed by atoms with Crippen molar-refractivity contribution in [2.24, 2.45) is 0 Å². The second-order valence-electron chi connectivity index (χ2n) is 4.73. The van der Waals surface area contributed by atoms with E-state index in [1.165, 1.54) is 7.11 Å². The van der Waals surface area contributed by atoms with E-state index in [1.54, 1.807) is 29.2 Å². The fraction of sp³-hybridized carbons (Fsp3) is 0.333. The van der Waals surface area contributed by atoms with E-state index in [0.29, 0.717) is 28.7 Å². The molecule has 1 heterocycles. The van der Waals surface area contributed by atoms with Gasteiger partial charge < -0.3 is 15.2 Å². The van der Waals surface area contributed by atoms with Gasteiger partial charge in [-0.1, -0.05) is 19.4 Å². The zero-order valence-corrected chi connectivity index (χ0v) is 12.9. The molecule has 2 rings (SSSR count). The highest BCUT2D eigenvalue weighted by atomic mass is 32.1. The number of nitrogens with one attached hydrogen (secondary N) is 1. The molecule has 1 aliphatic heterocycles. The smallest absolute Gasteiger partial charge is 0.276 e. The molecule has 112 valence electrons. The number of hydrogen-bond acceptors (Lipinski definition) is 4. The van der Waals surface area contributed by atoms with Crippen molar-refractivity contribution >= 4 is 29.3 Å². The van der Waals surface area contributed by atoms with Gasteiger partial charge in [-0.05, 0) is 42.4 Å². The number of carbonyl (C=O) groups is 1. The van der Waals surface area contributed by atoms with Crippen molar-refractivity contribution < 1.29 is 14.6 Å². The summed E-state index contributed by atoms with van der Waals surface area (Å²) < 4.78 is 4.99. The number of aromatic hydroxyl groups is 1. The van der Waals surface area contributed by atoms with Crippen LogP contribution in [0.5, 0.6) is 11.5 Å². The predicted octanol–water partition coefficient (Wildman–Crippen LogP) is 2.26. The van der Waals surface area contributed by atoms with Crippen molar-refractivity contribution in [3.8, 4) is 11.5 Å². The lowest BCUT2D eigenvalue weighted by Crippen LogP contribution is -2.31. The van der Waals surface area contributed by atoms with Gasteiger partial charge in [0.05, 0.1) is 7.11 Å². The Bertz CT molecular complexity index is 599. The highest BCUT2D eigenvalue weighted by Gasteiger charge is 2.29. The van der Waals surface area contributed by atoms with Gasteiger partial charge in [-0.3, -0.25) is 9.69 Å². The van der Waals surface area contributed by atoms with Crippen molar-refractivity contribution in [2.45, 2.75) is 19.8 Å². The summed E-state index contributed by atoms with van der Waals surface area (Å²) in [5.41, 5.74) is 1.12. The van der Waals surface area contributed by atoms with Gasteiger partial charge in [-0.15, -0.1) is 0 Å². The van der Waals surface area contributed by atoms with Crippen LogP contribution in [0.4, 0.5) is 0 Å². The quantitative estimate of drug-likeness (QED) is 0.645. The second kappa shape index (κ2) is 6.58. The van der Waals surface area contributed by atoms with Crippen LogP contribution in [-0.4, -0.2) is 34.7 Å². The van der Waals surface area contributed by atoms with E-state index < -0.39 is 0 Å². The first-order valence-corrected chi connectivity index (χ1v) is 7.19. The largest absolute Gasteiger partial charge is 0.504 e. The lowest BCUT2D eigenvalue weighted by Gasteiger charge is -2.12. The number of nitrogens with zero attached hydrogens (tertiary/aromatic N) is 1. The van der Waals surface area contributed by atoms with Crippen LogP contribution in [0.15, 0.2) is 23.9 Å². The highest BCUT2D eigenvalue weighted by molar-refractivity contribution is 7.80. The maximum absolute atomic E-state index is 12.3. The number of carbonyl (C=O) groups excluding carboxylic acids is 1. The molecule has 5 nitrogen and oxygen atoms in total. The Hall–Kier alpha value is -2.08. The molecule has 0 bridgehead atoms. The number of rotatable bonds is 5. The first-order valence-electron chi connectivity index (χ1n) is 6.78. The fourth-order valence-corrected chi connectivity index (χ4v) is 2.34. The lowest BCUT2D eigenvalue weighted by molar-refractivity contribution is -0.122. The molecule has 0 atom stereocenters. The molecule has 0 aliphatic carbocycles. The summed E-state index contributed by atoms with van der Waals surface area (Å²) in [7, 11) is 1.49. The van der Waals surface area contributed by atoms with Crippen LogP contribution >= 0.6 is 12.2 Å². The molecule has 0 aromatic heterocycles. The number of benzene rings is 1. The van der Waals surface area contributed by atoms with Gasteiger partial charge in [0.25, 0.3) is 5.91 Å². The van der Waals surface area contributed by atoms with Crippen LogP contribution in [0.25, 0.3) is 6.08 Å². The Morgan fingerprint density at radius 2 is 2.24 bits per heavy atom. The number of ether oxygens (including phenoxy) is 1. The predicted molar refractivity (Wildman–Crippen MR) is 85.0 cm³/mol. The van der Waals surface area contributed by atoms with E-state index in [2.05, 4.69) is 12.2 Å². The highest BCUT2D eigenvalue weighted by Crippen LogP contribution is 2.27. The van der Waals surface area contributed by atoms with Crippen molar-refractivity contribution in [2.75, 3.05) is 13.7 Å². The Labute approximate surface area is 129 Å². The van der Waals surface area contributed by atoms with Crippen molar-refractivity contribution in [3.05, 3.63) is 29.5 Å². The summed E-state index contributed by atoms with van der Waals surface area (Å²) in [5, 5.41) is 13.1. The van der Waals surface area contributed by atoms with E-state index >= 15 is 0 Å². The van der Waals surface area contributed by atoms with Crippen LogP contribution in [0.1, 0.15) is 25.3 Å². The van der Waals surface area contributed by atoms with E-state index in [0.717, 1.165) is 12.8 Å². The summed E-state index contributed by atoms with van der Waals surface area (Å²) >= 11 is 5.17. The minimum atomic E-state index is -0.135. The lowest BCUT2D eigenvalue weighted by atomic mass is 10.1. The Kier molecular flexibility index (Phi) is 4.80. The van der Waals surface area contributed by atoms with Crippen LogP contribution in [0, 0.1) is 0 Å². The number of unbranched alkanes of at least 4 members (excludes halogenated alkanes) is 1. The number of thiocarbonyl (C=S) groups is 1. The standard InChI is InChI=1S/C15H18N2O3S/c1-3-4-7-17-14(19)11(16-15(17)21)8-10-5-6-13(20-2)12(18)9-10/h5-6,8-9,18H,3-4,7H2,1-2H3,(H,16,21)/b11-8+. The molecule has 1 aromatic rings. The third-order valence-corrected chi connectivity index (χ3v) is 3.53. The van der Waals surface area contributed by atoms with Gasteiger partial charge >= 0.3 is 0 Å². The number of phenolic OH excluding ortho intramolecular Hbond substituents is 1. The molecule has 1 saturated heterocycles. The number of methoxy groups -OCH3 is 1. The fourth-order valence-electron chi connectivity index (χ4n) is 2.05. The molecule has 0 radical (unpaired) electrons. The van der Waals surface area contributed by atoms with Crippen molar-refractivity contribution in [1.82, 2.24) is 10.2 Å². The summed E-state index contributed by atoms with van der Waals surface area (Å²) in [5.74, 6) is 0.287. The first kappa shape index (κ1) is 15.3. The zero-order chi connectivity index (χ0) is 15.4. The van der Waals surface area contributed by atoms with Crippen LogP contribution in [0.3, 0.4) is 0 Å². The number of phenols is 1. The Morgan fingerprint density at radius 1 is 1.48 bits per heavy atom. The summed E-state index contributed by atoms with van der Waals surface area (Å²) in [6, 6.07) is 4.95. The minimum Gasteiger partial charge on any atom is -0.504 e. The molecule has 1 fully saturated rings. The zero-order valence-electron chi connectivity index (χ0n) is 12.0. The molecular weight excluding hydrogens is 288 g/mol. The van der Waals surface area contributed by atoms with E-state index in [1.807, 2.05) is 0 Å². The van der Waals surface area contributed by atoms with Gasteiger partial charge in [0.15, 0.2) is 16.6 Å². The second-order valence-corrected chi connectivity index (χ2v) is 5.12. The molecule has 1 amide bonds. The third-order valence-electron chi connectivity index (χ3n) is 3.21. The Morgan fingerprint density at radius 3 is 2.86 bits per heavy atom. The van der Waals surface area contributed by atoms with E-state index in [4.69, 9.17) is 17.0 Å². The van der Waals surface area contributed by atoms with Crippen molar-refractivity contribution in [1.29, 1.82) is 0 Å². The monoisotopic (exact) mass is 306 g/mol. The summed E-state index contributed by atoms with van der Waals surface area (Å²) in [6.45, 7) is 2.68. The van der Waals surface area contributed by atoms with E-state index in [-0.39, 0.29) is 11.7 Å². The third kappa shape index (κ3) is 3.33. The van der Waals surface area contributed by atoms with Crippen LogP contribution in [-0.2, 0) is 4.79 Å². The number of hydrogen-bond donors (Lipinski definition) is 2. The molecule has 0 saturated carbocycles. The molecule has 0 spiro atoms. The maximum Gasteiger partial charge on any atom is 0.276 e. The first-order chi connectivity index (χ1) is 10.1.